The molecule has 10 heteroatoms. The van der Waals surface area contributed by atoms with Gasteiger partial charge in [0.1, 0.15) is 29.0 Å². The van der Waals surface area contributed by atoms with Gasteiger partial charge >= 0.3 is 0 Å². The first-order chi connectivity index (χ1) is 14.3. The van der Waals surface area contributed by atoms with Crippen LogP contribution in [0.5, 0.6) is 11.5 Å². The molecule has 0 bridgehead atoms. The van der Waals surface area contributed by atoms with Crippen LogP contribution in [0.3, 0.4) is 0 Å². The zero-order valence-corrected chi connectivity index (χ0v) is 15.3. The van der Waals surface area contributed by atoms with Gasteiger partial charge in [-0.2, -0.15) is 10.5 Å². The lowest BCUT2D eigenvalue weighted by atomic mass is 10.1. The Morgan fingerprint density at radius 3 is 1.77 bits per heavy atom. The SMILES string of the molecule is N#Cc1c(F)c(Oc2ccccc2)c(Sc2c(F)c(F)cc(F)c2F)c(F)c1C#N. The lowest BCUT2D eigenvalue weighted by molar-refractivity contribution is 0.415. The average molecular weight is 436 g/mol. The fraction of sp³-hybridized carbons (Fsp3) is 0. The van der Waals surface area contributed by atoms with Gasteiger partial charge in [0.25, 0.3) is 0 Å². The molecule has 30 heavy (non-hydrogen) atoms. The average Bonchev–Trinajstić information content (AvgIpc) is 2.74. The zero-order valence-electron chi connectivity index (χ0n) is 14.4. The van der Waals surface area contributed by atoms with E-state index in [1.807, 2.05) is 0 Å². The maximum absolute atomic E-state index is 14.9. The summed E-state index contributed by atoms with van der Waals surface area (Å²) in [6, 6.07) is 9.76. The molecule has 3 rings (SSSR count). The van der Waals surface area contributed by atoms with Gasteiger partial charge in [-0.25, -0.2) is 26.3 Å². The van der Waals surface area contributed by atoms with Crippen LogP contribution in [0.1, 0.15) is 11.1 Å². The summed E-state index contributed by atoms with van der Waals surface area (Å²) in [5.74, 6) is -11.3. The first kappa shape index (κ1) is 21.1. The number of ether oxygens (including phenoxy) is 1. The van der Waals surface area contributed by atoms with Crippen molar-refractivity contribution in [3.8, 4) is 23.6 Å². The highest BCUT2D eigenvalue weighted by Crippen LogP contribution is 2.45. The van der Waals surface area contributed by atoms with E-state index in [0.29, 0.717) is 0 Å². The summed E-state index contributed by atoms with van der Waals surface area (Å²) < 4.78 is 90.3. The standard InChI is InChI=1S/C20H6F6N2OS/c21-12-6-13(22)17(26)19(16(12)25)30-20-15(24)11(8-28)10(7-27)14(23)18(20)29-9-4-2-1-3-5-9/h1-6H. The number of hydrogen-bond donors (Lipinski definition) is 0. The molecule has 0 saturated heterocycles. The summed E-state index contributed by atoms with van der Waals surface area (Å²) >= 11 is -0.226. The smallest absolute Gasteiger partial charge is 0.186 e. The zero-order chi connectivity index (χ0) is 22.0. The van der Waals surface area contributed by atoms with Gasteiger partial charge in [-0.15, -0.1) is 0 Å². The maximum atomic E-state index is 14.9. The Morgan fingerprint density at radius 1 is 0.700 bits per heavy atom. The van der Waals surface area contributed by atoms with Gasteiger partial charge in [0.15, 0.2) is 40.7 Å². The first-order valence-corrected chi connectivity index (χ1v) is 8.70. The van der Waals surface area contributed by atoms with Crippen LogP contribution in [0.4, 0.5) is 26.3 Å². The Kier molecular flexibility index (Phi) is 5.90. The minimum Gasteiger partial charge on any atom is -0.453 e. The Morgan fingerprint density at radius 2 is 1.23 bits per heavy atom. The lowest BCUT2D eigenvalue weighted by Gasteiger charge is -2.15. The van der Waals surface area contributed by atoms with Crippen LogP contribution in [0.2, 0.25) is 0 Å². The Hall–Kier alpha value is -3.63. The highest BCUT2D eigenvalue weighted by Gasteiger charge is 2.30. The molecule has 0 atom stereocenters. The molecular weight excluding hydrogens is 430 g/mol. The van der Waals surface area contributed by atoms with Crippen molar-refractivity contribution in [2.24, 2.45) is 0 Å². The molecule has 0 spiro atoms. The molecule has 0 aromatic heterocycles. The molecule has 3 aromatic carbocycles. The van der Waals surface area contributed by atoms with E-state index in [1.54, 1.807) is 6.07 Å². The Labute approximate surface area is 169 Å². The first-order valence-electron chi connectivity index (χ1n) is 7.89. The summed E-state index contributed by atoms with van der Waals surface area (Å²) in [5.41, 5.74) is -2.06. The third-order valence-corrected chi connectivity index (χ3v) is 4.89. The molecule has 0 heterocycles. The highest BCUT2D eigenvalue weighted by molar-refractivity contribution is 7.99. The predicted molar refractivity (Wildman–Crippen MR) is 92.7 cm³/mol. The Bertz CT molecular complexity index is 1210. The normalized spacial score (nSPS) is 10.4. The molecular formula is C20H6F6N2OS. The van der Waals surface area contributed by atoms with Gasteiger partial charge < -0.3 is 4.74 Å². The molecule has 0 N–H and O–H groups in total. The minimum atomic E-state index is -1.85. The van der Waals surface area contributed by atoms with Crippen LogP contribution >= 0.6 is 11.8 Å². The van der Waals surface area contributed by atoms with Crippen LogP contribution < -0.4 is 4.74 Å². The summed E-state index contributed by atoms with van der Waals surface area (Å²) in [6.45, 7) is 0. The fourth-order valence-corrected chi connectivity index (χ4v) is 3.38. The third kappa shape index (κ3) is 3.65. The van der Waals surface area contributed by atoms with Gasteiger partial charge in [-0.1, -0.05) is 30.0 Å². The topological polar surface area (TPSA) is 56.8 Å². The van der Waals surface area contributed by atoms with Gasteiger partial charge in [-0.05, 0) is 12.1 Å². The summed E-state index contributed by atoms with van der Waals surface area (Å²) in [6.07, 6.45) is 0. The largest absolute Gasteiger partial charge is 0.453 e. The van der Waals surface area contributed by atoms with Crippen molar-refractivity contribution in [2.45, 2.75) is 9.79 Å². The van der Waals surface area contributed by atoms with Gasteiger partial charge in [0.2, 0.25) is 0 Å². The van der Waals surface area contributed by atoms with E-state index in [-0.39, 0.29) is 23.6 Å². The van der Waals surface area contributed by atoms with Gasteiger partial charge in [-0.3, -0.25) is 0 Å². The van der Waals surface area contributed by atoms with E-state index in [2.05, 4.69) is 0 Å². The molecule has 0 saturated carbocycles. The number of para-hydroxylation sites is 1. The van der Waals surface area contributed by atoms with Crippen molar-refractivity contribution in [1.29, 1.82) is 10.5 Å². The quantitative estimate of drug-likeness (QED) is 0.361. The molecule has 0 aliphatic carbocycles. The molecule has 0 fully saturated rings. The van der Waals surface area contributed by atoms with E-state index in [9.17, 15) is 26.3 Å². The maximum Gasteiger partial charge on any atom is 0.186 e. The summed E-state index contributed by atoms with van der Waals surface area (Å²) in [7, 11) is 0. The minimum absolute atomic E-state index is 0.0439. The van der Waals surface area contributed by atoms with E-state index >= 15 is 0 Å². The van der Waals surface area contributed by atoms with Crippen LogP contribution in [0.15, 0.2) is 46.2 Å². The number of hydrogen-bond acceptors (Lipinski definition) is 4. The fourth-order valence-electron chi connectivity index (χ4n) is 2.39. The van der Waals surface area contributed by atoms with E-state index in [1.165, 1.54) is 36.4 Å². The number of nitrogens with zero attached hydrogens (tertiary/aromatic N) is 2. The van der Waals surface area contributed by atoms with Crippen LogP contribution in [0.25, 0.3) is 0 Å². The number of nitriles is 2. The van der Waals surface area contributed by atoms with Crippen molar-refractivity contribution in [3.05, 3.63) is 82.4 Å². The number of benzene rings is 3. The molecule has 150 valence electrons. The van der Waals surface area contributed by atoms with E-state index in [0.717, 1.165) is 0 Å². The van der Waals surface area contributed by atoms with Crippen LogP contribution in [-0.4, -0.2) is 0 Å². The van der Waals surface area contributed by atoms with E-state index in [4.69, 9.17) is 15.3 Å². The molecule has 3 aromatic rings. The molecule has 0 unspecified atom stereocenters. The van der Waals surface area contributed by atoms with Gasteiger partial charge in [0.05, 0.1) is 9.79 Å². The van der Waals surface area contributed by atoms with Crippen molar-refractivity contribution < 1.29 is 31.1 Å². The monoisotopic (exact) mass is 436 g/mol. The summed E-state index contributed by atoms with van der Waals surface area (Å²) in [4.78, 5) is -2.30. The third-order valence-electron chi connectivity index (χ3n) is 3.76. The molecule has 0 aliphatic rings. The van der Waals surface area contributed by atoms with Crippen LogP contribution in [-0.2, 0) is 0 Å². The van der Waals surface area contributed by atoms with Gasteiger partial charge in [0, 0.05) is 6.07 Å². The van der Waals surface area contributed by atoms with Crippen molar-refractivity contribution in [2.75, 3.05) is 0 Å². The molecule has 0 amide bonds. The second kappa shape index (κ2) is 8.39. The van der Waals surface area contributed by atoms with Crippen molar-refractivity contribution in [1.82, 2.24) is 0 Å². The predicted octanol–water partition coefficient (Wildman–Crippen LogP) is 6.21. The number of halogens is 6. The lowest BCUT2D eigenvalue weighted by Crippen LogP contribution is -2.04. The van der Waals surface area contributed by atoms with E-state index < -0.39 is 61.6 Å². The van der Waals surface area contributed by atoms with Crippen molar-refractivity contribution >= 4 is 11.8 Å². The molecule has 3 nitrogen and oxygen atoms in total. The highest BCUT2D eigenvalue weighted by atomic mass is 32.2. The molecule has 0 radical (unpaired) electrons. The Balaban J connectivity index is 2.30. The molecule has 0 aliphatic heterocycles. The van der Waals surface area contributed by atoms with Crippen molar-refractivity contribution in [3.63, 3.8) is 0 Å². The van der Waals surface area contributed by atoms with Crippen LogP contribution in [0, 0.1) is 57.6 Å². The second-order valence-electron chi connectivity index (χ2n) is 5.57. The second-order valence-corrected chi connectivity index (χ2v) is 6.59. The number of rotatable bonds is 4. The summed E-state index contributed by atoms with van der Waals surface area (Å²) in [5, 5.41) is 18.2.